The first-order chi connectivity index (χ1) is 13.6. The summed E-state index contributed by atoms with van der Waals surface area (Å²) in [4.78, 5) is 40.1. The first-order valence-corrected chi connectivity index (χ1v) is 11.0. The number of thiophene rings is 1. The molecule has 6 nitrogen and oxygen atoms in total. The second-order valence-corrected chi connectivity index (χ2v) is 9.08. The summed E-state index contributed by atoms with van der Waals surface area (Å²) in [7, 11) is 2.12. The fourth-order valence-electron chi connectivity index (χ4n) is 4.16. The highest BCUT2D eigenvalue weighted by Crippen LogP contribution is 2.41. The Bertz CT molecular complexity index is 992. The van der Waals surface area contributed by atoms with Crippen molar-refractivity contribution in [1.29, 1.82) is 0 Å². The number of anilines is 1. The lowest BCUT2D eigenvalue weighted by molar-refractivity contribution is -0.128. The third-order valence-electron chi connectivity index (χ3n) is 5.94. The molecule has 0 spiro atoms. The lowest BCUT2D eigenvalue weighted by Gasteiger charge is -2.22. The Labute approximate surface area is 168 Å². The summed E-state index contributed by atoms with van der Waals surface area (Å²) in [6.45, 7) is 0.443. The maximum atomic E-state index is 12.7. The average Bonchev–Trinajstić information content (AvgIpc) is 3.48. The molecule has 1 aliphatic heterocycles. The predicted octanol–water partition coefficient (Wildman–Crippen LogP) is 3.03. The van der Waals surface area contributed by atoms with Gasteiger partial charge < -0.3 is 9.80 Å². The van der Waals surface area contributed by atoms with E-state index in [1.165, 1.54) is 47.6 Å². The monoisotopic (exact) mass is 396 g/mol. The number of nitrogens with zero attached hydrogens (tertiary/aromatic N) is 4. The standard InChI is InChI=1S/C21H24N4O2S/c1-24(13-6-7-13)20-19-15-4-2-3-5-16(15)28-21(19)23-17(22-20)12-18(27)25-10-8-14(26)9-11-25/h8,10,13H,2-7,9,11-12H2,1H3. The minimum absolute atomic E-state index is 0.0514. The Morgan fingerprint density at radius 2 is 2.07 bits per heavy atom. The second kappa shape index (κ2) is 6.95. The van der Waals surface area contributed by atoms with Crippen LogP contribution in [0.3, 0.4) is 0 Å². The second-order valence-electron chi connectivity index (χ2n) is 7.99. The number of fused-ring (bicyclic) bond motifs is 3. The van der Waals surface area contributed by atoms with Crippen LogP contribution in [0.1, 0.15) is 48.4 Å². The Morgan fingerprint density at radius 3 is 2.82 bits per heavy atom. The summed E-state index contributed by atoms with van der Waals surface area (Å²) in [5.74, 6) is 1.60. The first kappa shape index (κ1) is 17.8. The summed E-state index contributed by atoms with van der Waals surface area (Å²) in [5, 5.41) is 1.22. The van der Waals surface area contributed by atoms with E-state index in [1.807, 2.05) is 0 Å². The van der Waals surface area contributed by atoms with E-state index in [4.69, 9.17) is 9.97 Å². The fourth-order valence-corrected chi connectivity index (χ4v) is 5.43. The first-order valence-electron chi connectivity index (χ1n) is 10.1. The lowest BCUT2D eigenvalue weighted by Crippen LogP contribution is -2.32. The minimum atomic E-state index is -0.0514. The molecule has 0 unspecified atom stereocenters. The van der Waals surface area contributed by atoms with E-state index in [0.29, 0.717) is 24.8 Å². The van der Waals surface area contributed by atoms with Gasteiger partial charge in [0.1, 0.15) is 16.5 Å². The van der Waals surface area contributed by atoms with E-state index in [0.717, 1.165) is 23.5 Å². The number of ketones is 1. The van der Waals surface area contributed by atoms with Gasteiger partial charge in [0, 0.05) is 37.1 Å². The summed E-state index contributed by atoms with van der Waals surface area (Å²) < 4.78 is 0. The van der Waals surface area contributed by atoms with Crippen LogP contribution >= 0.6 is 11.3 Å². The number of amides is 1. The van der Waals surface area contributed by atoms with Crippen LogP contribution in [-0.4, -0.2) is 46.2 Å². The number of aryl methyl sites for hydroxylation is 2. The SMILES string of the molecule is CN(c1nc(CC(=O)N2C=CC(=O)CC2)nc2sc3c(c12)CCCC3)C1CC1. The van der Waals surface area contributed by atoms with Crippen molar-refractivity contribution in [2.45, 2.75) is 57.4 Å². The Kier molecular flexibility index (Phi) is 4.42. The van der Waals surface area contributed by atoms with Gasteiger partial charge in [-0.2, -0.15) is 0 Å². The van der Waals surface area contributed by atoms with E-state index in [-0.39, 0.29) is 18.1 Å². The highest BCUT2D eigenvalue weighted by molar-refractivity contribution is 7.19. The molecule has 1 fully saturated rings. The van der Waals surface area contributed by atoms with Crippen LogP contribution in [0.25, 0.3) is 10.2 Å². The van der Waals surface area contributed by atoms with Crippen LogP contribution in [-0.2, 0) is 28.9 Å². The summed E-state index contributed by atoms with van der Waals surface area (Å²) in [6.07, 6.45) is 10.7. The number of allylic oxidation sites excluding steroid dienone is 1. The number of hydrogen-bond donors (Lipinski definition) is 0. The van der Waals surface area contributed by atoms with Crippen molar-refractivity contribution in [2.75, 3.05) is 18.5 Å². The smallest absolute Gasteiger partial charge is 0.234 e. The Morgan fingerprint density at radius 1 is 1.25 bits per heavy atom. The summed E-state index contributed by atoms with van der Waals surface area (Å²) in [5.41, 5.74) is 1.43. The van der Waals surface area contributed by atoms with Gasteiger partial charge >= 0.3 is 0 Å². The quantitative estimate of drug-likeness (QED) is 0.795. The molecule has 0 N–H and O–H groups in total. The van der Waals surface area contributed by atoms with Crippen molar-refractivity contribution < 1.29 is 9.59 Å². The molecule has 7 heteroatoms. The third kappa shape index (κ3) is 3.21. The number of hydrogen-bond acceptors (Lipinski definition) is 6. The molecule has 2 aromatic heterocycles. The molecule has 0 bridgehead atoms. The summed E-state index contributed by atoms with van der Waals surface area (Å²) >= 11 is 1.78. The highest BCUT2D eigenvalue weighted by atomic mass is 32.1. The number of carbonyl (C=O) groups excluding carboxylic acids is 2. The van der Waals surface area contributed by atoms with Crippen LogP contribution in [0.2, 0.25) is 0 Å². The zero-order valence-corrected chi connectivity index (χ0v) is 16.9. The van der Waals surface area contributed by atoms with Crippen molar-refractivity contribution in [2.24, 2.45) is 0 Å². The molecule has 28 heavy (non-hydrogen) atoms. The van der Waals surface area contributed by atoms with Gasteiger partial charge in [-0.1, -0.05) is 0 Å². The van der Waals surface area contributed by atoms with Crippen LogP contribution in [0.4, 0.5) is 5.82 Å². The van der Waals surface area contributed by atoms with E-state index in [1.54, 1.807) is 22.4 Å². The van der Waals surface area contributed by atoms with Gasteiger partial charge in [0.2, 0.25) is 5.91 Å². The lowest BCUT2D eigenvalue weighted by atomic mass is 9.97. The molecular formula is C21H24N4O2S. The van der Waals surface area contributed by atoms with Gasteiger partial charge in [-0.05, 0) is 50.2 Å². The van der Waals surface area contributed by atoms with Gasteiger partial charge in [-0.3, -0.25) is 9.59 Å². The van der Waals surface area contributed by atoms with Crippen molar-refractivity contribution in [3.8, 4) is 0 Å². The molecule has 0 saturated heterocycles. The van der Waals surface area contributed by atoms with Crippen LogP contribution in [0.15, 0.2) is 12.3 Å². The molecule has 5 rings (SSSR count). The maximum absolute atomic E-state index is 12.7. The van der Waals surface area contributed by atoms with Crippen molar-refractivity contribution >= 4 is 39.1 Å². The molecule has 2 aromatic rings. The van der Waals surface area contributed by atoms with E-state index < -0.39 is 0 Å². The van der Waals surface area contributed by atoms with E-state index in [9.17, 15) is 9.59 Å². The minimum Gasteiger partial charge on any atom is -0.356 e. The molecule has 1 amide bonds. The molecule has 1 saturated carbocycles. The topological polar surface area (TPSA) is 66.4 Å². The average molecular weight is 397 g/mol. The maximum Gasteiger partial charge on any atom is 0.234 e. The molecular weight excluding hydrogens is 372 g/mol. The van der Waals surface area contributed by atoms with Gasteiger partial charge in [0.05, 0.1) is 11.8 Å². The van der Waals surface area contributed by atoms with Crippen LogP contribution < -0.4 is 4.90 Å². The van der Waals surface area contributed by atoms with Gasteiger partial charge in [0.25, 0.3) is 0 Å². The molecule has 3 heterocycles. The van der Waals surface area contributed by atoms with Crippen LogP contribution in [0, 0.1) is 0 Å². The Hall–Kier alpha value is -2.28. The van der Waals surface area contributed by atoms with Gasteiger partial charge in [-0.25, -0.2) is 9.97 Å². The third-order valence-corrected chi connectivity index (χ3v) is 7.13. The summed E-state index contributed by atoms with van der Waals surface area (Å²) in [6, 6.07) is 0.553. The van der Waals surface area contributed by atoms with Gasteiger partial charge in [-0.15, -0.1) is 11.3 Å². The molecule has 0 aromatic carbocycles. The number of rotatable bonds is 4. The van der Waals surface area contributed by atoms with Crippen molar-refractivity contribution in [1.82, 2.24) is 14.9 Å². The number of carbonyl (C=O) groups is 2. The molecule has 2 aliphatic carbocycles. The molecule has 0 radical (unpaired) electrons. The molecule has 0 atom stereocenters. The predicted molar refractivity (Wildman–Crippen MR) is 110 cm³/mol. The normalized spacial score (nSPS) is 19.2. The van der Waals surface area contributed by atoms with E-state index >= 15 is 0 Å². The van der Waals surface area contributed by atoms with Crippen molar-refractivity contribution in [3.63, 3.8) is 0 Å². The highest BCUT2D eigenvalue weighted by Gasteiger charge is 2.31. The zero-order valence-electron chi connectivity index (χ0n) is 16.1. The number of aromatic nitrogens is 2. The Balaban J connectivity index is 1.51. The van der Waals surface area contributed by atoms with Gasteiger partial charge in [0.15, 0.2) is 5.78 Å². The molecule has 3 aliphatic rings. The molecule has 146 valence electrons. The van der Waals surface area contributed by atoms with E-state index in [2.05, 4.69) is 11.9 Å². The van der Waals surface area contributed by atoms with Crippen LogP contribution in [0.5, 0.6) is 0 Å². The largest absolute Gasteiger partial charge is 0.356 e. The fraction of sp³-hybridized carbons (Fsp3) is 0.524. The zero-order chi connectivity index (χ0) is 19.3. The van der Waals surface area contributed by atoms with Crippen molar-refractivity contribution in [3.05, 3.63) is 28.5 Å².